The lowest BCUT2D eigenvalue weighted by molar-refractivity contribution is 0.0131. The van der Waals surface area contributed by atoms with Gasteiger partial charge in [0.1, 0.15) is 5.75 Å². The maximum absolute atomic E-state index is 9.47. The van der Waals surface area contributed by atoms with E-state index in [0.717, 1.165) is 6.42 Å². The van der Waals surface area contributed by atoms with E-state index in [9.17, 15) is 5.11 Å². The van der Waals surface area contributed by atoms with E-state index in [1.54, 1.807) is 0 Å². The maximum atomic E-state index is 9.47. The second-order valence-corrected chi connectivity index (χ2v) is 7.67. The molecule has 0 spiro atoms. The Morgan fingerprint density at radius 2 is 1.67 bits per heavy atom. The molecular weight excluding hydrogens is 256 g/mol. The highest BCUT2D eigenvalue weighted by atomic mass is 16.3. The fraction of sp³-hybridized carbons (Fsp3) is 0.700. The molecule has 0 amide bonds. The summed E-state index contributed by atoms with van der Waals surface area (Å²) in [6, 6.07) is 7.83. The fourth-order valence-electron chi connectivity index (χ4n) is 4.32. The van der Waals surface area contributed by atoms with Crippen LogP contribution in [0.2, 0.25) is 0 Å². The Morgan fingerprint density at radius 3 is 2.24 bits per heavy atom. The molecule has 1 aliphatic rings. The predicted octanol–water partition coefficient (Wildman–Crippen LogP) is 6.10. The van der Waals surface area contributed by atoms with Crippen LogP contribution in [0.25, 0.3) is 0 Å². The van der Waals surface area contributed by atoms with Gasteiger partial charge in [0.15, 0.2) is 0 Å². The van der Waals surface area contributed by atoms with E-state index < -0.39 is 0 Å². The number of phenols is 1. The van der Waals surface area contributed by atoms with Gasteiger partial charge in [-0.1, -0.05) is 65.0 Å². The summed E-state index contributed by atoms with van der Waals surface area (Å²) in [6.45, 7) is 7.26. The van der Waals surface area contributed by atoms with Crippen LogP contribution in [0.1, 0.15) is 77.7 Å². The van der Waals surface area contributed by atoms with Gasteiger partial charge in [-0.25, -0.2) is 0 Å². The smallest absolute Gasteiger partial charge is 0.115 e. The van der Waals surface area contributed by atoms with Crippen molar-refractivity contribution >= 4 is 0 Å². The van der Waals surface area contributed by atoms with Gasteiger partial charge in [-0.3, -0.25) is 0 Å². The summed E-state index contributed by atoms with van der Waals surface area (Å²) < 4.78 is 0. The summed E-state index contributed by atoms with van der Waals surface area (Å²) in [5.74, 6) is 0.370. The molecule has 1 fully saturated rings. The molecule has 21 heavy (non-hydrogen) atoms. The molecule has 118 valence electrons. The lowest BCUT2D eigenvalue weighted by Crippen LogP contribution is -2.41. The summed E-state index contributed by atoms with van der Waals surface area (Å²) in [6.07, 6.45) is 12.2. The number of hydrogen-bond donors (Lipinski definition) is 1. The highest BCUT2D eigenvalue weighted by Crippen LogP contribution is 2.54. The molecule has 2 rings (SSSR count). The molecule has 0 unspecified atom stereocenters. The number of hydrogen-bond acceptors (Lipinski definition) is 1. The van der Waals surface area contributed by atoms with E-state index in [2.05, 4.69) is 32.9 Å². The number of unbranched alkanes of at least 4 members (excludes halogenated alkanes) is 1. The summed E-state index contributed by atoms with van der Waals surface area (Å²) in [5, 5.41) is 9.47. The van der Waals surface area contributed by atoms with Crippen LogP contribution in [0, 0.1) is 10.8 Å². The molecule has 1 saturated carbocycles. The van der Waals surface area contributed by atoms with Gasteiger partial charge in [0.2, 0.25) is 0 Å². The normalized spacial score (nSPS) is 18.6. The van der Waals surface area contributed by atoms with Crippen molar-refractivity contribution in [3.8, 4) is 5.75 Å². The predicted molar refractivity (Wildman–Crippen MR) is 90.6 cm³/mol. The molecule has 1 N–H and O–H groups in total. The Labute approximate surface area is 130 Å². The van der Waals surface area contributed by atoms with E-state index in [0.29, 0.717) is 16.6 Å². The van der Waals surface area contributed by atoms with Crippen molar-refractivity contribution in [1.82, 2.24) is 0 Å². The quantitative estimate of drug-likeness (QED) is 0.670. The van der Waals surface area contributed by atoms with Crippen molar-refractivity contribution in [2.45, 2.75) is 78.6 Å². The van der Waals surface area contributed by atoms with Crippen LogP contribution in [0.3, 0.4) is 0 Å². The summed E-state index contributed by atoms with van der Waals surface area (Å²) in [5.41, 5.74) is 2.21. The Hall–Kier alpha value is -0.980. The van der Waals surface area contributed by atoms with Crippen LogP contribution in [0.15, 0.2) is 24.3 Å². The van der Waals surface area contributed by atoms with Gasteiger partial charge in [0, 0.05) is 0 Å². The SMILES string of the molecule is CCCCC1(C(C)(C)Cc2ccc(O)cc2)CCCCC1. The third kappa shape index (κ3) is 3.81. The number of rotatable bonds is 6. The number of aromatic hydroxyl groups is 1. The van der Waals surface area contributed by atoms with Crippen molar-refractivity contribution in [1.29, 1.82) is 0 Å². The van der Waals surface area contributed by atoms with Crippen LogP contribution in [0.4, 0.5) is 0 Å². The average Bonchev–Trinajstić information content (AvgIpc) is 2.48. The van der Waals surface area contributed by atoms with E-state index >= 15 is 0 Å². The molecule has 0 radical (unpaired) electrons. The zero-order valence-electron chi connectivity index (χ0n) is 14.1. The van der Waals surface area contributed by atoms with E-state index in [1.807, 2.05) is 12.1 Å². The first-order valence-electron chi connectivity index (χ1n) is 8.77. The summed E-state index contributed by atoms with van der Waals surface area (Å²) in [4.78, 5) is 0. The zero-order chi connectivity index (χ0) is 15.3. The minimum absolute atomic E-state index is 0.333. The standard InChI is InChI=1S/C20H32O/c1-4-5-13-20(14-7-6-8-15-20)19(2,3)16-17-9-11-18(21)12-10-17/h9-12,21H,4-8,13-16H2,1-3H3. The van der Waals surface area contributed by atoms with Crippen molar-refractivity contribution in [2.75, 3.05) is 0 Å². The Balaban J connectivity index is 2.17. The molecular formula is C20H32O. The van der Waals surface area contributed by atoms with Crippen molar-refractivity contribution < 1.29 is 5.11 Å². The Kier molecular flexibility index (Phi) is 5.35. The molecule has 0 saturated heterocycles. The van der Waals surface area contributed by atoms with Gasteiger partial charge < -0.3 is 5.11 Å². The molecule has 0 bridgehead atoms. The largest absolute Gasteiger partial charge is 0.508 e. The Bertz CT molecular complexity index is 424. The Morgan fingerprint density at radius 1 is 1.05 bits per heavy atom. The lowest BCUT2D eigenvalue weighted by Gasteiger charge is -2.50. The molecule has 0 aliphatic heterocycles. The van der Waals surface area contributed by atoms with Crippen molar-refractivity contribution in [2.24, 2.45) is 10.8 Å². The number of phenolic OH excluding ortho intramolecular Hbond substituents is 1. The summed E-state index contributed by atoms with van der Waals surface area (Å²) >= 11 is 0. The minimum atomic E-state index is 0.333. The van der Waals surface area contributed by atoms with Crippen LogP contribution in [-0.4, -0.2) is 5.11 Å². The van der Waals surface area contributed by atoms with Gasteiger partial charge in [-0.2, -0.15) is 0 Å². The highest BCUT2D eigenvalue weighted by Gasteiger charge is 2.44. The van der Waals surface area contributed by atoms with Gasteiger partial charge in [-0.05, 0) is 54.2 Å². The third-order valence-electron chi connectivity index (χ3n) is 5.84. The monoisotopic (exact) mass is 288 g/mol. The molecule has 1 aliphatic carbocycles. The van der Waals surface area contributed by atoms with Gasteiger partial charge in [-0.15, -0.1) is 0 Å². The minimum Gasteiger partial charge on any atom is -0.508 e. The van der Waals surface area contributed by atoms with Crippen molar-refractivity contribution in [3.63, 3.8) is 0 Å². The third-order valence-corrected chi connectivity index (χ3v) is 5.84. The molecule has 1 aromatic rings. The zero-order valence-corrected chi connectivity index (χ0v) is 14.1. The first kappa shape index (κ1) is 16.4. The van der Waals surface area contributed by atoms with Crippen LogP contribution < -0.4 is 0 Å². The molecule has 0 aromatic heterocycles. The van der Waals surface area contributed by atoms with E-state index in [1.165, 1.54) is 56.9 Å². The van der Waals surface area contributed by atoms with Crippen molar-refractivity contribution in [3.05, 3.63) is 29.8 Å². The second kappa shape index (κ2) is 6.85. The van der Waals surface area contributed by atoms with Crippen LogP contribution >= 0.6 is 0 Å². The molecule has 1 aromatic carbocycles. The molecule has 0 atom stereocenters. The fourth-order valence-corrected chi connectivity index (χ4v) is 4.32. The molecule has 0 heterocycles. The topological polar surface area (TPSA) is 20.2 Å². The van der Waals surface area contributed by atoms with E-state index in [-0.39, 0.29) is 0 Å². The second-order valence-electron chi connectivity index (χ2n) is 7.67. The highest BCUT2D eigenvalue weighted by molar-refractivity contribution is 5.27. The van der Waals surface area contributed by atoms with Gasteiger partial charge in [0.25, 0.3) is 0 Å². The first-order chi connectivity index (χ1) is 9.99. The summed E-state index contributed by atoms with van der Waals surface area (Å²) in [7, 11) is 0. The maximum Gasteiger partial charge on any atom is 0.115 e. The molecule has 1 nitrogen and oxygen atoms in total. The van der Waals surface area contributed by atoms with Crippen LogP contribution in [0.5, 0.6) is 5.75 Å². The van der Waals surface area contributed by atoms with Gasteiger partial charge >= 0.3 is 0 Å². The average molecular weight is 288 g/mol. The van der Waals surface area contributed by atoms with E-state index in [4.69, 9.17) is 0 Å². The number of benzene rings is 1. The molecule has 1 heteroatoms. The first-order valence-corrected chi connectivity index (χ1v) is 8.77. The van der Waals surface area contributed by atoms with Gasteiger partial charge in [0.05, 0.1) is 0 Å². The lowest BCUT2D eigenvalue weighted by atomic mass is 9.55. The van der Waals surface area contributed by atoms with Crippen LogP contribution in [-0.2, 0) is 6.42 Å².